The molecule has 15 heavy (non-hydrogen) atoms. The van der Waals surface area contributed by atoms with Crippen LogP contribution in [0.4, 0.5) is 0 Å². The maximum Gasteiger partial charge on any atom is 0.0963 e. The second kappa shape index (κ2) is 5.53. The Labute approximate surface area is 94.6 Å². The van der Waals surface area contributed by atoms with E-state index in [0.29, 0.717) is 11.3 Å². The molecule has 0 radical (unpaired) electrons. The van der Waals surface area contributed by atoms with Gasteiger partial charge in [-0.15, -0.1) is 0 Å². The van der Waals surface area contributed by atoms with Gasteiger partial charge in [-0.25, -0.2) is 0 Å². The zero-order valence-corrected chi connectivity index (χ0v) is 10.8. The standard InChI is InChI=1S/C13H26N2/c1-11(2)13(3,4)10-15-12-8-6-5-7-9-14-12/h11H,5-10H2,1-4H3,(H,14,15). The van der Waals surface area contributed by atoms with Gasteiger partial charge in [-0.2, -0.15) is 0 Å². The summed E-state index contributed by atoms with van der Waals surface area (Å²) in [7, 11) is 0. The summed E-state index contributed by atoms with van der Waals surface area (Å²) in [4.78, 5) is 4.59. The second-order valence-electron chi connectivity index (χ2n) is 5.64. The Morgan fingerprint density at radius 3 is 2.67 bits per heavy atom. The molecule has 0 unspecified atom stereocenters. The Kier molecular flexibility index (Phi) is 4.62. The summed E-state index contributed by atoms with van der Waals surface area (Å²) in [6.07, 6.45) is 5.04. The molecule has 0 aromatic carbocycles. The van der Waals surface area contributed by atoms with Gasteiger partial charge in [0.15, 0.2) is 0 Å². The van der Waals surface area contributed by atoms with E-state index in [0.717, 1.165) is 19.5 Å². The molecule has 0 atom stereocenters. The van der Waals surface area contributed by atoms with Crippen LogP contribution >= 0.6 is 0 Å². The third kappa shape index (κ3) is 4.23. The van der Waals surface area contributed by atoms with E-state index >= 15 is 0 Å². The van der Waals surface area contributed by atoms with Gasteiger partial charge >= 0.3 is 0 Å². The van der Waals surface area contributed by atoms with Gasteiger partial charge in [0.1, 0.15) is 0 Å². The second-order valence-corrected chi connectivity index (χ2v) is 5.64. The fourth-order valence-corrected chi connectivity index (χ4v) is 1.55. The molecule has 0 fully saturated rings. The van der Waals surface area contributed by atoms with Crippen molar-refractivity contribution in [2.45, 2.75) is 53.4 Å². The molecule has 0 bridgehead atoms. The first kappa shape index (κ1) is 12.5. The van der Waals surface area contributed by atoms with Crippen LogP contribution in [0, 0.1) is 11.3 Å². The molecule has 1 aliphatic heterocycles. The lowest BCUT2D eigenvalue weighted by Gasteiger charge is -2.30. The Morgan fingerprint density at radius 2 is 2.00 bits per heavy atom. The minimum Gasteiger partial charge on any atom is -0.373 e. The molecule has 0 aliphatic carbocycles. The number of rotatable bonds is 3. The first-order valence-electron chi connectivity index (χ1n) is 6.29. The molecule has 0 spiro atoms. The molecule has 1 N–H and O–H groups in total. The normalized spacial score (nSPS) is 18.6. The minimum atomic E-state index is 0.356. The van der Waals surface area contributed by atoms with Crippen molar-refractivity contribution in [2.75, 3.05) is 13.1 Å². The van der Waals surface area contributed by atoms with Crippen molar-refractivity contribution in [3.05, 3.63) is 0 Å². The zero-order chi connectivity index (χ0) is 11.3. The van der Waals surface area contributed by atoms with E-state index < -0.39 is 0 Å². The Hall–Kier alpha value is -0.530. The largest absolute Gasteiger partial charge is 0.373 e. The Morgan fingerprint density at radius 1 is 1.27 bits per heavy atom. The van der Waals surface area contributed by atoms with Gasteiger partial charge in [0.25, 0.3) is 0 Å². The van der Waals surface area contributed by atoms with Gasteiger partial charge in [-0.1, -0.05) is 34.1 Å². The van der Waals surface area contributed by atoms with E-state index in [9.17, 15) is 0 Å². The lowest BCUT2D eigenvalue weighted by Crippen LogP contribution is -2.36. The summed E-state index contributed by atoms with van der Waals surface area (Å²) in [5, 5.41) is 3.53. The minimum absolute atomic E-state index is 0.356. The fraction of sp³-hybridized carbons (Fsp3) is 0.923. The molecule has 0 aromatic rings. The van der Waals surface area contributed by atoms with E-state index in [2.05, 4.69) is 38.0 Å². The lowest BCUT2D eigenvalue weighted by molar-refractivity contribution is 0.250. The van der Waals surface area contributed by atoms with Gasteiger partial charge in [0.2, 0.25) is 0 Å². The molecule has 2 nitrogen and oxygen atoms in total. The van der Waals surface area contributed by atoms with Crippen LogP contribution in [0.3, 0.4) is 0 Å². The highest BCUT2D eigenvalue weighted by Gasteiger charge is 2.22. The highest BCUT2D eigenvalue weighted by atomic mass is 15.0. The summed E-state index contributed by atoms with van der Waals surface area (Å²) in [6, 6.07) is 0. The smallest absolute Gasteiger partial charge is 0.0963 e. The SMILES string of the molecule is CC(C)C(C)(C)CNC1=NCCCCC1. The van der Waals surface area contributed by atoms with E-state index in [1.165, 1.54) is 25.1 Å². The third-order valence-electron chi connectivity index (χ3n) is 3.69. The summed E-state index contributed by atoms with van der Waals surface area (Å²) in [6.45, 7) is 11.3. The molecule has 0 amide bonds. The number of hydrogen-bond acceptors (Lipinski definition) is 2. The van der Waals surface area contributed by atoms with Gasteiger partial charge < -0.3 is 5.32 Å². The number of hydrogen-bond donors (Lipinski definition) is 1. The van der Waals surface area contributed by atoms with E-state index in [-0.39, 0.29) is 0 Å². The molecule has 1 rings (SSSR count). The molecule has 0 saturated carbocycles. The molecule has 88 valence electrons. The van der Waals surface area contributed by atoms with Crippen LogP contribution in [0.2, 0.25) is 0 Å². The van der Waals surface area contributed by atoms with Crippen molar-refractivity contribution in [2.24, 2.45) is 16.3 Å². The number of amidine groups is 1. The monoisotopic (exact) mass is 210 g/mol. The van der Waals surface area contributed by atoms with Gasteiger partial charge in [-0.3, -0.25) is 4.99 Å². The van der Waals surface area contributed by atoms with Crippen molar-refractivity contribution in [1.29, 1.82) is 0 Å². The lowest BCUT2D eigenvalue weighted by atomic mass is 9.81. The van der Waals surface area contributed by atoms with Gasteiger partial charge in [0.05, 0.1) is 5.84 Å². The Balaban J connectivity index is 2.38. The van der Waals surface area contributed by atoms with Crippen molar-refractivity contribution in [3.8, 4) is 0 Å². The highest BCUT2D eigenvalue weighted by Crippen LogP contribution is 2.24. The predicted molar refractivity (Wildman–Crippen MR) is 67.4 cm³/mol. The molecule has 1 heterocycles. The maximum atomic E-state index is 4.59. The molecular formula is C13H26N2. The van der Waals surface area contributed by atoms with Crippen LogP contribution in [-0.4, -0.2) is 18.9 Å². The summed E-state index contributed by atoms with van der Waals surface area (Å²) in [5.41, 5.74) is 0.356. The van der Waals surface area contributed by atoms with Crippen molar-refractivity contribution in [1.82, 2.24) is 5.32 Å². The quantitative estimate of drug-likeness (QED) is 0.760. The van der Waals surface area contributed by atoms with Crippen LogP contribution in [-0.2, 0) is 0 Å². The van der Waals surface area contributed by atoms with Crippen molar-refractivity contribution in [3.63, 3.8) is 0 Å². The predicted octanol–water partition coefficient (Wildman–Crippen LogP) is 3.23. The maximum absolute atomic E-state index is 4.59. The number of nitrogens with one attached hydrogen (secondary N) is 1. The summed E-state index contributed by atoms with van der Waals surface area (Å²) >= 11 is 0. The average molecular weight is 210 g/mol. The molecule has 0 aromatic heterocycles. The van der Waals surface area contributed by atoms with E-state index in [1.807, 2.05) is 0 Å². The number of aliphatic imine (C=N–C) groups is 1. The van der Waals surface area contributed by atoms with Crippen LogP contribution in [0.25, 0.3) is 0 Å². The first-order chi connectivity index (χ1) is 7.02. The third-order valence-corrected chi connectivity index (χ3v) is 3.69. The van der Waals surface area contributed by atoms with Gasteiger partial charge in [-0.05, 0) is 24.2 Å². The van der Waals surface area contributed by atoms with Gasteiger partial charge in [0, 0.05) is 19.5 Å². The summed E-state index contributed by atoms with van der Waals surface area (Å²) in [5.74, 6) is 1.94. The van der Waals surface area contributed by atoms with E-state index in [4.69, 9.17) is 0 Å². The summed E-state index contributed by atoms with van der Waals surface area (Å²) < 4.78 is 0. The topological polar surface area (TPSA) is 24.4 Å². The van der Waals surface area contributed by atoms with Crippen LogP contribution in [0.15, 0.2) is 4.99 Å². The van der Waals surface area contributed by atoms with Crippen LogP contribution < -0.4 is 5.32 Å². The zero-order valence-electron chi connectivity index (χ0n) is 10.8. The Bertz CT molecular complexity index is 217. The highest BCUT2D eigenvalue weighted by molar-refractivity contribution is 5.82. The van der Waals surface area contributed by atoms with Crippen molar-refractivity contribution >= 4 is 5.84 Å². The fourth-order valence-electron chi connectivity index (χ4n) is 1.55. The molecule has 0 saturated heterocycles. The number of nitrogens with zero attached hydrogens (tertiary/aromatic N) is 1. The molecular weight excluding hydrogens is 184 g/mol. The van der Waals surface area contributed by atoms with E-state index in [1.54, 1.807) is 0 Å². The van der Waals surface area contributed by atoms with Crippen LogP contribution in [0.5, 0.6) is 0 Å². The molecule has 2 heteroatoms. The van der Waals surface area contributed by atoms with Crippen LogP contribution in [0.1, 0.15) is 53.4 Å². The average Bonchev–Trinajstić information content (AvgIpc) is 2.42. The molecule has 1 aliphatic rings. The first-order valence-corrected chi connectivity index (χ1v) is 6.29. The van der Waals surface area contributed by atoms with Crippen molar-refractivity contribution < 1.29 is 0 Å².